The summed E-state index contributed by atoms with van der Waals surface area (Å²) < 4.78 is 39.3. The number of carbonyl (C=O) groups is 1. The van der Waals surface area contributed by atoms with Crippen LogP contribution in [0.15, 0.2) is 23.1 Å². The zero-order chi connectivity index (χ0) is 15.6. The highest BCUT2D eigenvalue weighted by Crippen LogP contribution is 2.31. The molecule has 1 aromatic rings. The second kappa shape index (κ2) is 6.29. The molecule has 1 fully saturated rings. The molecule has 1 aliphatic rings. The highest BCUT2D eigenvalue weighted by Gasteiger charge is 2.35. The second-order valence-corrected chi connectivity index (χ2v) is 7.22. The molecule has 8 heteroatoms. The van der Waals surface area contributed by atoms with E-state index in [-0.39, 0.29) is 16.0 Å². The molecule has 0 aromatic heterocycles. The standard InChI is InChI=1S/C13H15ClFNO4S/c14-11-7-9(15)5-6-12(11)21(19,20)16(8-13(17)18)10-3-1-2-4-10/h5-7,10H,1-4,8H2,(H,17,18). The fourth-order valence-electron chi connectivity index (χ4n) is 2.55. The third-order valence-electron chi connectivity index (χ3n) is 3.50. The van der Waals surface area contributed by atoms with Crippen LogP contribution in [-0.4, -0.2) is 36.4 Å². The first-order valence-corrected chi connectivity index (χ1v) is 8.33. The Hall–Kier alpha value is -1.18. The van der Waals surface area contributed by atoms with Gasteiger partial charge in [0.15, 0.2) is 0 Å². The Morgan fingerprint density at radius 3 is 2.52 bits per heavy atom. The molecule has 5 nitrogen and oxygen atoms in total. The van der Waals surface area contributed by atoms with Crippen molar-refractivity contribution in [3.63, 3.8) is 0 Å². The van der Waals surface area contributed by atoms with Crippen LogP contribution in [-0.2, 0) is 14.8 Å². The predicted octanol–water partition coefficient (Wildman–Crippen LogP) is 2.50. The maximum absolute atomic E-state index is 13.1. The van der Waals surface area contributed by atoms with E-state index in [2.05, 4.69) is 0 Å². The summed E-state index contributed by atoms with van der Waals surface area (Å²) in [6.07, 6.45) is 2.94. The molecule has 2 rings (SSSR count). The van der Waals surface area contributed by atoms with Crippen molar-refractivity contribution in [3.8, 4) is 0 Å². The van der Waals surface area contributed by atoms with E-state index in [9.17, 15) is 17.6 Å². The van der Waals surface area contributed by atoms with Gasteiger partial charge in [-0.2, -0.15) is 4.31 Å². The summed E-state index contributed by atoms with van der Waals surface area (Å²) in [6, 6.07) is 2.61. The van der Waals surface area contributed by atoms with E-state index >= 15 is 0 Å². The molecule has 1 aromatic carbocycles. The number of benzene rings is 1. The number of aliphatic carboxylic acids is 1. The lowest BCUT2D eigenvalue weighted by atomic mass is 10.2. The molecule has 0 bridgehead atoms. The van der Waals surface area contributed by atoms with Gasteiger partial charge >= 0.3 is 5.97 Å². The van der Waals surface area contributed by atoms with Gasteiger partial charge in [0.2, 0.25) is 10.0 Å². The van der Waals surface area contributed by atoms with Crippen LogP contribution in [0.25, 0.3) is 0 Å². The molecule has 0 unspecified atom stereocenters. The average molecular weight is 336 g/mol. The van der Waals surface area contributed by atoms with Crippen LogP contribution in [0.3, 0.4) is 0 Å². The van der Waals surface area contributed by atoms with Gasteiger partial charge < -0.3 is 5.11 Å². The van der Waals surface area contributed by atoms with Crippen LogP contribution in [0.4, 0.5) is 4.39 Å². The lowest BCUT2D eigenvalue weighted by molar-refractivity contribution is -0.137. The molecular weight excluding hydrogens is 321 g/mol. The monoisotopic (exact) mass is 335 g/mol. The first-order chi connectivity index (χ1) is 9.82. The molecule has 0 amide bonds. The molecule has 21 heavy (non-hydrogen) atoms. The summed E-state index contributed by atoms with van der Waals surface area (Å²) >= 11 is 5.81. The lowest BCUT2D eigenvalue weighted by Crippen LogP contribution is -2.42. The fraction of sp³-hybridized carbons (Fsp3) is 0.462. The lowest BCUT2D eigenvalue weighted by Gasteiger charge is -2.26. The van der Waals surface area contributed by atoms with Crippen LogP contribution in [0.1, 0.15) is 25.7 Å². The third-order valence-corrected chi connectivity index (χ3v) is 5.88. The molecule has 0 aliphatic heterocycles. The molecular formula is C13H15ClFNO4S. The van der Waals surface area contributed by atoms with Gasteiger partial charge in [-0.1, -0.05) is 24.4 Å². The molecule has 0 radical (unpaired) electrons. The fourth-order valence-corrected chi connectivity index (χ4v) is 4.69. The number of rotatable bonds is 5. The summed E-state index contributed by atoms with van der Waals surface area (Å²) in [6.45, 7) is -0.624. The third kappa shape index (κ3) is 3.53. The zero-order valence-corrected chi connectivity index (χ0v) is 12.7. The van der Waals surface area contributed by atoms with Crippen molar-refractivity contribution in [2.75, 3.05) is 6.54 Å². The van der Waals surface area contributed by atoms with Crippen molar-refractivity contribution >= 4 is 27.6 Å². The summed E-state index contributed by atoms with van der Waals surface area (Å²) in [4.78, 5) is 10.7. The van der Waals surface area contributed by atoms with Gasteiger partial charge in [-0.05, 0) is 31.0 Å². The predicted molar refractivity (Wildman–Crippen MR) is 75.2 cm³/mol. The Labute approximate surface area is 127 Å². The SMILES string of the molecule is O=C(O)CN(C1CCCC1)S(=O)(=O)c1ccc(F)cc1Cl. The molecule has 0 atom stereocenters. The summed E-state index contributed by atoms with van der Waals surface area (Å²) in [5.74, 6) is -1.88. The topological polar surface area (TPSA) is 74.7 Å². The van der Waals surface area contributed by atoms with Crippen molar-refractivity contribution in [3.05, 3.63) is 29.0 Å². The van der Waals surface area contributed by atoms with Crippen LogP contribution < -0.4 is 0 Å². The molecule has 0 saturated heterocycles. The van der Waals surface area contributed by atoms with Gasteiger partial charge in [-0.15, -0.1) is 0 Å². The summed E-state index contributed by atoms with van der Waals surface area (Å²) in [7, 11) is -4.07. The van der Waals surface area contributed by atoms with Crippen LogP contribution in [0.5, 0.6) is 0 Å². The number of hydrogen-bond acceptors (Lipinski definition) is 3. The van der Waals surface area contributed by atoms with Gasteiger partial charge in [-0.25, -0.2) is 12.8 Å². The zero-order valence-electron chi connectivity index (χ0n) is 11.1. The molecule has 1 N–H and O–H groups in total. The van der Waals surface area contributed by atoms with Crippen molar-refractivity contribution in [2.24, 2.45) is 0 Å². The van der Waals surface area contributed by atoms with Crippen LogP contribution >= 0.6 is 11.6 Å². The first kappa shape index (κ1) is 16.2. The Balaban J connectivity index is 2.43. The van der Waals surface area contributed by atoms with E-state index in [0.717, 1.165) is 35.3 Å². The van der Waals surface area contributed by atoms with Gasteiger partial charge in [0.05, 0.1) is 5.02 Å². The Morgan fingerprint density at radius 2 is 2.00 bits per heavy atom. The van der Waals surface area contributed by atoms with E-state index in [1.165, 1.54) is 0 Å². The van der Waals surface area contributed by atoms with Crippen molar-refractivity contribution in [2.45, 2.75) is 36.6 Å². The number of halogens is 2. The van der Waals surface area contributed by atoms with Crippen molar-refractivity contribution < 1.29 is 22.7 Å². The second-order valence-electron chi connectivity index (χ2n) is 4.96. The van der Waals surface area contributed by atoms with Crippen molar-refractivity contribution in [1.29, 1.82) is 0 Å². The Bertz CT molecular complexity index is 644. The van der Waals surface area contributed by atoms with E-state index in [1.54, 1.807) is 0 Å². The van der Waals surface area contributed by atoms with Gasteiger partial charge in [-0.3, -0.25) is 4.79 Å². The van der Waals surface area contributed by atoms with E-state index in [4.69, 9.17) is 16.7 Å². The highest BCUT2D eigenvalue weighted by atomic mass is 35.5. The number of carboxylic acid groups (broad SMARTS) is 1. The minimum atomic E-state index is -4.07. The highest BCUT2D eigenvalue weighted by molar-refractivity contribution is 7.89. The van der Waals surface area contributed by atoms with Gasteiger partial charge in [0.25, 0.3) is 0 Å². The van der Waals surface area contributed by atoms with E-state index in [0.29, 0.717) is 12.8 Å². The van der Waals surface area contributed by atoms with E-state index < -0.39 is 28.4 Å². The number of carboxylic acids is 1. The Morgan fingerprint density at radius 1 is 1.38 bits per heavy atom. The minimum absolute atomic E-state index is 0.247. The molecule has 116 valence electrons. The first-order valence-electron chi connectivity index (χ1n) is 6.51. The average Bonchev–Trinajstić information content (AvgIpc) is 2.88. The molecule has 0 spiro atoms. The largest absolute Gasteiger partial charge is 0.480 e. The quantitative estimate of drug-likeness (QED) is 0.897. The maximum atomic E-state index is 13.1. The molecule has 0 heterocycles. The molecule has 1 aliphatic carbocycles. The maximum Gasteiger partial charge on any atom is 0.318 e. The number of hydrogen-bond donors (Lipinski definition) is 1. The summed E-state index contributed by atoms with van der Waals surface area (Å²) in [5.41, 5.74) is 0. The van der Waals surface area contributed by atoms with Crippen LogP contribution in [0.2, 0.25) is 5.02 Å². The van der Waals surface area contributed by atoms with E-state index in [1.807, 2.05) is 0 Å². The number of sulfonamides is 1. The van der Waals surface area contributed by atoms with Gasteiger partial charge in [0, 0.05) is 6.04 Å². The summed E-state index contributed by atoms with van der Waals surface area (Å²) in [5, 5.41) is 8.72. The van der Waals surface area contributed by atoms with Crippen LogP contribution in [0, 0.1) is 5.82 Å². The Kier molecular flexibility index (Phi) is 4.85. The van der Waals surface area contributed by atoms with Gasteiger partial charge in [0.1, 0.15) is 17.3 Å². The minimum Gasteiger partial charge on any atom is -0.480 e. The normalized spacial score (nSPS) is 16.5. The smallest absolute Gasteiger partial charge is 0.318 e. The van der Waals surface area contributed by atoms with Crippen molar-refractivity contribution in [1.82, 2.24) is 4.31 Å². The molecule has 1 saturated carbocycles. The number of nitrogens with zero attached hydrogens (tertiary/aromatic N) is 1.